The number of hydrogen-bond donors (Lipinski definition) is 0. The molecule has 0 bridgehead atoms. The third-order valence-corrected chi connectivity index (χ3v) is 4.74. The predicted molar refractivity (Wildman–Crippen MR) is 101 cm³/mol. The second-order valence-corrected chi connectivity index (χ2v) is 7.13. The van der Waals surface area contributed by atoms with Crippen molar-refractivity contribution < 1.29 is 14.2 Å². The van der Waals surface area contributed by atoms with Gasteiger partial charge in [0.1, 0.15) is 30.7 Å². The zero-order valence-electron chi connectivity index (χ0n) is 14.5. The van der Waals surface area contributed by atoms with E-state index in [1.807, 2.05) is 19.1 Å². The van der Waals surface area contributed by atoms with E-state index in [0.717, 1.165) is 0 Å². The van der Waals surface area contributed by atoms with Crippen molar-refractivity contribution in [3.8, 4) is 11.5 Å². The van der Waals surface area contributed by atoms with Gasteiger partial charge in [-0.15, -0.1) is 0 Å². The minimum Gasteiger partial charge on any atom is -0.457 e. The van der Waals surface area contributed by atoms with Crippen LogP contribution < -0.4 is 4.74 Å². The van der Waals surface area contributed by atoms with Gasteiger partial charge < -0.3 is 14.2 Å². The molecule has 8 heteroatoms. The van der Waals surface area contributed by atoms with E-state index >= 15 is 0 Å². The standard InChI is InChI=1S/C19H17Cl2N3O3/c1-13-9-25-19(27-13,10-24-12-22-11-23-24)17-7-6-16(8-18(17)21)26-15-4-2-14(20)3-5-15/h2-8,11-13H,9-10H2,1H3/t13-,19?/m0/s1. The molecule has 6 nitrogen and oxygen atoms in total. The molecule has 1 aliphatic heterocycles. The number of hydrogen-bond acceptors (Lipinski definition) is 5. The van der Waals surface area contributed by atoms with Gasteiger partial charge in [0.05, 0.1) is 17.7 Å². The minimum absolute atomic E-state index is 0.0606. The normalized spacial score (nSPS) is 22.1. The molecule has 1 unspecified atom stereocenters. The lowest BCUT2D eigenvalue weighted by atomic mass is 10.1. The Balaban J connectivity index is 1.62. The summed E-state index contributed by atoms with van der Waals surface area (Å²) < 4.78 is 19.6. The molecule has 27 heavy (non-hydrogen) atoms. The van der Waals surface area contributed by atoms with E-state index in [4.69, 9.17) is 37.4 Å². The van der Waals surface area contributed by atoms with Crippen LogP contribution in [0.15, 0.2) is 55.1 Å². The summed E-state index contributed by atoms with van der Waals surface area (Å²) in [5.41, 5.74) is 0.715. The summed E-state index contributed by atoms with van der Waals surface area (Å²) in [4.78, 5) is 3.98. The molecule has 1 fully saturated rings. The Labute approximate surface area is 166 Å². The van der Waals surface area contributed by atoms with Crippen molar-refractivity contribution >= 4 is 23.2 Å². The first-order chi connectivity index (χ1) is 13.0. The molecular weight excluding hydrogens is 389 g/mol. The van der Waals surface area contributed by atoms with Crippen LogP contribution in [0, 0.1) is 0 Å². The van der Waals surface area contributed by atoms with Crippen molar-refractivity contribution in [3.05, 3.63) is 70.7 Å². The maximum absolute atomic E-state index is 6.57. The highest BCUT2D eigenvalue weighted by molar-refractivity contribution is 6.31. The topological polar surface area (TPSA) is 58.4 Å². The fourth-order valence-corrected chi connectivity index (χ4v) is 3.43. The van der Waals surface area contributed by atoms with Crippen molar-refractivity contribution in [2.75, 3.05) is 6.61 Å². The second-order valence-electron chi connectivity index (χ2n) is 6.28. The Kier molecular flexibility index (Phi) is 5.06. The lowest BCUT2D eigenvalue weighted by Gasteiger charge is -2.29. The van der Waals surface area contributed by atoms with Gasteiger partial charge in [-0.1, -0.05) is 23.2 Å². The second kappa shape index (κ2) is 7.48. The first-order valence-electron chi connectivity index (χ1n) is 8.42. The molecule has 1 aromatic heterocycles. The number of ether oxygens (including phenoxy) is 3. The van der Waals surface area contributed by atoms with E-state index in [1.165, 1.54) is 6.33 Å². The van der Waals surface area contributed by atoms with E-state index in [9.17, 15) is 0 Å². The highest BCUT2D eigenvalue weighted by Gasteiger charge is 2.44. The molecule has 1 saturated heterocycles. The number of nitrogens with zero attached hydrogens (tertiary/aromatic N) is 3. The zero-order valence-corrected chi connectivity index (χ0v) is 16.0. The molecule has 2 atom stereocenters. The Morgan fingerprint density at radius 3 is 2.59 bits per heavy atom. The van der Waals surface area contributed by atoms with Gasteiger partial charge in [-0.2, -0.15) is 5.10 Å². The number of rotatable bonds is 5. The van der Waals surface area contributed by atoms with Crippen molar-refractivity contribution in [1.82, 2.24) is 14.8 Å². The maximum Gasteiger partial charge on any atom is 0.217 e. The Bertz CT molecular complexity index is 918. The first kappa shape index (κ1) is 18.3. The van der Waals surface area contributed by atoms with E-state index < -0.39 is 5.79 Å². The Morgan fingerprint density at radius 1 is 1.19 bits per heavy atom. The van der Waals surface area contributed by atoms with Crippen molar-refractivity contribution in [2.24, 2.45) is 0 Å². The Morgan fingerprint density at radius 2 is 1.96 bits per heavy atom. The summed E-state index contributed by atoms with van der Waals surface area (Å²) >= 11 is 12.5. The lowest BCUT2D eigenvalue weighted by Crippen LogP contribution is -2.34. The summed E-state index contributed by atoms with van der Waals surface area (Å²) in [6, 6.07) is 12.5. The number of benzene rings is 2. The third kappa shape index (κ3) is 3.94. The molecule has 1 aliphatic rings. The molecule has 140 valence electrons. The average molecular weight is 406 g/mol. The molecule has 0 aliphatic carbocycles. The summed E-state index contributed by atoms with van der Waals surface area (Å²) in [6.07, 6.45) is 3.02. The van der Waals surface area contributed by atoms with Crippen LogP contribution in [0.25, 0.3) is 0 Å². The summed E-state index contributed by atoms with van der Waals surface area (Å²) in [5.74, 6) is 0.249. The van der Waals surface area contributed by atoms with Crippen LogP contribution in [-0.2, 0) is 21.8 Å². The highest BCUT2D eigenvalue weighted by atomic mass is 35.5. The fourth-order valence-electron chi connectivity index (χ4n) is 2.99. The van der Waals surface area contributed by atoms with Crippen LogP contribution >= 0.6 is 23.2 Å². The first-order valence-corrected chi connectivity index (χ1v) is 9.17. The molecule has 3 aromatic rings. The Hall–Kier alpha value is -2.12. The molecule has 0 radical (unpaired) electrons. The van der Waals surface area contributed by atoms with Crippen LogP contribution in [0.1, 0.15) is 12.5 Å². The summed E-state index contributed by atoms with van der Waals surface area (Å²) in [7, 11) is 0. The maximum atomic E-state index is 6.57. The van der Waals surface area contributed by atoms with Gasteiger partial charge in [-0.25, -0.2) is 9.67 Å². The molecule has 0 amide bonds. The van der Waals surface area contributed by atoms with Gasteiger partial charge in [0.2, 0.25) is 5.79 Å². The van der Waals surface area contributed by atoms with Gasteiger partial charge in [-0.05, 0) is 49.4 Å². The van der Waals surface area contributed by atoms with Gasteiger partial charge in [0.15, 0.2) is 0 Å². The van der Waals surface area contributed by atoms with Crippen molar-refractivity contribution in [2.45, 2.75) is 25.4 Å². The summed E-state index contributed by atoms with van der Waals surface area (Å²) in [5, 5.41) is 5.28. The van der Waals surface area contributed by atoms with Crippen LogP contribution in [0.4, 0.5) is 0 Å². The number of halogens is 2. The minimum atomic E-state index is -1.02. The van der Waals surface area contributed by atoms with Crippen LogP contribution in [0.3, 0.4) is 0 Å². The molecular formula is C19H17Cl2N3O3. The fraction of sp³-hybridized carbons (Fsp3) is 0.263. The van der Waals surface area contributed by atoms with Crippen LogP contribution in [-0.4, -0.2) is 27.5 Å². The molecule has 2 aromatic carbocycles. The molecule has 0 N–H and O–H groups in total. The predicted octanol–water partition coefficient (Wildman–Crippen LogP) is 4.67. The monoisotopic (exact) mass is 405 g/mol. The smallest absolute Gasteiger partial charge is 0.217 e. The van der Waals surface area contributed by atoms with E-state index in [-0.39, 0.29) is 6.10 Å². The average Bonchev–Trinajstić information content (AvgIpc) is 3.28. The van der Waals surface area contributed by atoms with Gasteiger partial charge in [0.25, 0.3) is 0 Å². The van der Waals surface area contributed by atoms with Crippen LogP contribution in [0.5, 0.6) is 11.5 Å². The van der Waals surface area contributed by atoms with E-state index in [2.05, 4.69) is 10.1 Å². The summed E-state index contributed by atoms with van der Waals surface area (Å²) in [6.45, 7) is 2.76. The molecule has 4 rings (SSSR count). The van der Waals surface area contributed by atoms with Gasteiger partial charge in [-0.3, -0.25) is 0 Å². The van der Waals surface area contributed by atoms with E-state index in [1.54, 1.807) is 41.3 Å². The lowest BCUT2D eigenvalue weighted by molar-refractivity contribution is -0.186. The van der Waals surface area contributed by atoms with Gasteiger partial charge >= 0.3 is 0 Å². The van der Waals surface area contributed by atoms with Crippen molar-refractivity contribution in [1.29, 1.82) is 0 Å². The third-order valence-electron chi connectivity index (χ3n) is 4.18. The quantitative estimate of drug-likeness (QED) is 0.617. The molecule has 0 spiro atoms. The zero-order chi connectivity index (χ0) is 18.9. The van der Waals surface area contributed by atoms with Crippen molar-refractivity contribution in [3.63, 3.8) is 0 Å². The van der Waals surface area contributed by atoms with Gasteiger partial charge in [0, 0.05) is 10.6 Å². The number of aromatic nitrogens is 3. The SMILES string of the molecule is C[C@H]1COC(Cn2cncn2)(c2ccc(Oc3ccc(Cl)cc3)cc2Cl)O1. The van der Waals surface area contributed by atoms with Crippen LogP contribution in [0.2, 0.25) is 10.0 Å². The molecule has 2 heterocycles. The van der Waals surface area contributed by atoms with E-state index in [0.29, 0.717) is 40.3 Å². The molecule has 0 saturated carbocycles. The largest absolute Gasteiger partial charge is 0.457 e. The highest BCUT2D eigenvalue weighted by Crippen LogP contribution is 2.41.